The number of hydrogen-bond acceptors (Lipinski definition) is 4. The molecule has 0 spiro atoms. The Kier molecular flexibility index (Phi) is 11.1. The van der Waals surface area contributed by atoms with E-state index in [4.69, 9.17) is 23.2 Å². The summed E-state index contributed by atoms with van der Waals surface area (Å²) in [6.45, 7) is 6.02. The topological polar surface area (TPSA) is 87.3 Å². The molecule has 43 heavy (non-hydrogen) atoms. The fraction of sp³-hybridized carbons (Fsp3) is 0.147. The lowest BCUT2D eigenvalue weighted by Gasteiger charge is -2.14. The quantitative estimate of drug-likeness (QED) is 0.121. The highest BCUT2D eigenvalue weighted by Crippen LogP contribution is 2.28. The predicted octanol–water partition coefficient (Wildman–Crippen LogP) is 8.65. The lowest BCUT2D eigenvalue weighted by atomic mass is 10.0. The fourth-order valence-corrected chi connectivity index (χ4v) is 5.14. The van der Waals surface area contributed by atoms with Crippen LogP contribution in [0.1, 0.15) is 48.2 Å². The van der Waals surface area contributed by atoms with E-state index in [0.29, 0.717) is 32.9 Å². The summed E-state index contributed by atoms with van der Waals surface area (Å²) in [6.07, 6.45) is 1.65. The minimum absolute atomic E-state index is 0.109. The minimum atomic E-state index is -0.466. The molecule has 0 radical (unpaired) electrons. The van der Waals surface area contributed by atoms with Crippen LogP contribution in [-0.2, 0) is 9.59 Å². The van der Waals surface area contributed by atoms with Gasteiger partial charge >= 0.3 is 0 Å². The average Bonchev–Trinajstić information content (AvgIpc) is 3.00. The molecule has 0 saturated heterocycles. The molecule has 3 N–H and O–H groups in total. The SMILES string of the molecule is CC(Sc1ccc(NC(=O)/C(=C/c2ccc(C(C)C)cc2)NC(=O)c2ccccc2)cc1)C(=O)Nc1ccc(Cl)c(Cl)c1. The van der Waals surface area contributed by atoms with Crippen LogP contribution >= 0.6 is 35.0 Å². The zero-order valence-corrected chi connectivity index (χ0v) is 26.2. The molecule has 3 amide bonds. The van der Waals surface area contributed by atoms with Crippen LogP contribution in [0.2, 0.25) is 10.0 Å². The van der Waals surface area contributed by atoms with Crippen molar-refractivity contribution in [1.29, 1.82) is 0 Å². The summed E-state index contributed by atoms with van der Waals surface area (Å²) in [6, 6.07) is 28.6. The second kappa shape index (κ2) is 14.9. The van der Waals surface area contributed by atoms with E-state index in [-0.39, 0.29) is 17.5 Å². The predicted molar refractivity (Wildman–Crippen MR) is 178 cm³/mol. The molecule has 4 aromatic carbocycles. The third kappa shape index (κ3) is 9.22. The fourth-order valence-electron chi connectivity index (χ4n) is 3.98. The largest absolute Gasteiger partial charge is 0.325 e. The van der Waals surface area contributed by atoms with E-state index in [1.54, 1.807) is 67.6 Å². The number of rotatable bonds is 10. The van der Waals surface area contributed by atoms with E-state index in [0.717, 1.165) is 10.5 Å². The maximum Gasteiger partial charge on any atom is 0.272 e. The maximum atomic E-state index is 13.4. The molecule has 0 heterocycles. The van der Waals surface area contributed by atoms with E-state index in [9.17, 15) is 14.4 Å². The van der Waals surface area contributed by atoms with Crippen LogP contribution in [0.5, 0.6) is 0 Å². The van der Waals surface area contributed by atoms with Crippen LogP contribution in [0.4, 0.5) is 11.4 Å². The first kappa shape index (κ1) is 31.9. The molecule has 0 aliphatic heterocycles. The first-order valence-corrected chi connectivity index (χ1v) is 15.2. The number of carbonyl (C=O) groups excluding carboxylic acids is 3. The van der Waals surface area contributed by atoms with Gasteiger partial charge in [-0.2, -0.15) is 0 Å². The van der Waals surface area contributed by atoms with Gasteiger partial charge in [-0.15, -0.1) is 11.8 Å². The van der Waals surface area contributed by atoms with Crippen molar-refractivity contribution in [2.75, 3.05) is 10.6 Å². The van der Waals surface area contributed by atoms with Gasteiger partial charge in [0.15, 0.2) is 0 Å². The van der Waals surface area contributed by atoms with E-state index >= 15 is 0 Å². The van der Waals surface area contributed by atoms with Crippen LogP contribution in [0.3, 0.4) is 0 Å². The number of amides is 3. The molecule has 0 aromatic heterocycles. The summed E-state index contributed by atoms with van der Waals surface area (Å²) in [5.74, 6) is -0.668. The molecule has 220 valence electrons. The Labute approximate surface area is 265 Å². The second-order valence-corrected chi connectivity index (χ2v) is 12.3. The zero-order valence-electron chi connectivity index (χ0n) is 23.9. The van der Waals surface area contributed by atoms with Crippen LogP contribution in [0.15, 0.2) is 108 Å². The molecule has 4 rings (SSSR count). The molecule has 1 unspecified atom stereocenters. The number of carbonyl (C=O) groups is 3. The van der Waals surface area contributed by atoms with E-state index in [2.05, 4.69) is 29.8 Å². The molecule has 4 aromatic rings. The molecule has 0 fully saturated rings. The van der Waals surface area contributed by atoms with Crippen LogP contribution < -0.4 is 16.0 Å². The van der Waals surface area contributed by atoms with Gasteiger partial charge in [-0.25, -0.2) is 0 Å². The monoisotopic (exact) mass is 631 g/mol. The van der Waals surface area contributed by atoms with Crippen molar-refractivity contribution in [2.24, 2.45) is 0 Å². The first-order chi connectivity index (χ1) is 20.6. The zero-order chi connectivity index (χ0) is 30.9. The van der Waals surface area contributed by atoms with Crippen LogP contribution in [-0.4, -0.2) is 23.0 Å². The summed E-state index contributed by atoms with van der Waals surface area (Å²) >= 11 is 13.4. The van der Waals surface area contributed by atoms with Crippen molar-refractivity contribution in [3.63, 3.8) is 0 Å². The number of hydrogen-bond donors (Lipinski definition) is 3. The van der Waals surface area contributed by atoms with E-state index in [1.165, 1.54) is 17.3 Å². The van der Waals surface area contributed by atoms with Gasteiger partial charge in [0.05, 0.1) is 15.3 Å². The number of thioether (sulfide) groups is 1. The average molecular weight is 633 g/mol. The summed E-state index contributed by atoms with van der Waals surface area (Å²) in [5.41, 5.74) is 3.60. The normalized spacial score (nSPS) is 12.0. The van der Waals surface area contributed by atoms with Crippen molar-refractivity contribution >= 4 is 70.1 Å². The Bertz CT molecular complexity index is 1620. The van der Waals surface area contributed by atoms with Gasteiger partial charge in [0.25, 0.3) is 11.8 Å². The third-order valence-electron chi connectivity index (χ3n) is 6.42. The Hall–Kier alpha value is -4.04. The van der Waals surface area contributed by atoms with Gasteiger partial charge in [-0.1, -0.05) is 79.5 Å². The molecule has 0 aliphatic carbocycles. The lowest BCUT2D eigenvalue weighted by Crippen LogP contribution is -2.30. The van der Waals surface area contributed by atoms with Gasteiger partial charge in [0.1, 0.15) is 5.70 Å². The Morgan fingerprint density at radius 1 is 0.744 bits per heavy atom. The highest BCUT2D eigenvalue weighted by molar-refractivity contribution is 8.00. The van der Waals surface area contributed by atoms with E-state index < -0.39 is 11.2 Å². The highest BCUT2D eigenvalue weighted by Gasteiger charge is 2.17. The van der Waals surface area contributed by atoms with Gasteiger partial charge in [0.2, 0.25) is 5.91 Å². The summed E-state index contributed by atoms with van der Waals surface area (Å²) in [7, 11) is 0. The molecule has 0 aliphatic rings. The maximum absolute atomic E-state index is 13.4. The molecule has 9 heteroatoms. The standard InChI is InChI=1S/C34H31Cl2N3O3S/c1-21(2)24-11-9-23(10-12-24)19-31(39-33(41)25-7-5-4-6-8-25)34(42)37-26-13-16-28(17-14-26)43-22(3)32(40)38-27-15-18-29(35)30(36)20-27/h4-22H,1-3H3,(H,37,42)(H,38,40)(H,39,41)/b31-19-. The second-order valence-electron chi connectivity index (χ2n) is 10.1. The minimum Gasteiger partial charge on any atom is -0.325 e. The smallest absolute Gasteiger partial charge is 0.272 e. The Morgan fingerprint density at radius 2 is 1.40 bits per heavy atom. The number of nitrogens with one attached hydrogen (secondary N) is 3. The molecule has 6 nitrogen and oxygen atoms in total. The summed E-state index contributed by atoms with van der Waals surface area (Å²) in [5, 5.41) is 8.83. The van der Waals surface area contributed by atoms with E-state index in [1.807, 2.05) is 42.5 Å². The highest BCUT2D eigenvalue weighted by atomic mass is 35.5. The van der Waals surface area contributed by atoms with Crippen LogP contribution in [0, 0.1) is 0 Å². The number of halogens is 2. The molecular formula is C34H31Cl2N3O3S. The Balaban J connectivity index is 1.44. The summed E-state index contributed by atoms with van der Waals surface area (Å²) < 4.78 is 0. The van der Waals surface area contributed by atoms with Gasteiger partial charge in [-0.05, 0) is 84.6 Å². The van der Waals surface area contributed by atoms with Gasteiger partial charge in [0, 0.05) is 21.8 Å². The van der Waals surface area contributed by atoms with Crippen molar-refractivity contribution < 1.29 is 14.4 Å². The number of anilines is 2. The first-order valence-electron chi connectivity index (χ1n) is 13.6. The van der Waals surface area contributed by atoms with Gasteiger partial charge < -0.3 is 16.0 Å². The molecule has 0 saturated carbocycles. The van der Waals surface area contributed by atoms with Crippen molar-refractivity contribution in [1.82, 2.24) is 5.32 Å². The van der Waals surface area contributed by atoms with Crippen LogP contribution in [0.25, 0.3) is 6.08 Å². The molecule has 0 bridgehead atoms. The number of benzene rings is 4. The summed E-state index contributed by atoms with van der Waals surface area (Å²) in [4.78, 5) is 39.8. The van der Waals surface area contributed by atoms with Crippen molar-refractivity contribution in [2.45, 2.75) is 36.8 Å². The van der Waals surface area contributed by atoms with Crippen molar-refractivity contribution in [3.8, 4) is 0 Å². The lowest BCUT2D eigenvalue weighted by molar-refractivity contribution is -0.115. The van der Waals surface area contributed by atoms with Crippen molar-refractivity contribution in [3.05, 3.63) is 129 Å². The third-order valence-corrected chi connectivity index (χ3v) is 8.28. The molecular weight excluding hydrogens is 601 g/mol. The Morgan fingerprint density at radius 3 is 2.02 bits per heavy atom. The van der Waals surface area contributed by atoms with Gasteiger partial charge in [-0.3, -0.25) is 14.4 Å². The molecule has 1 atom stereocenters.